The third-order valence-electron chi connectivity index (χ3n) is 2.27. The number of amides is 1. The molecule has 0 aliphatic carbocycles. The van der Waals surface area contributed by atoms with Gasteiger partial charge in [-0.3, -0.25) is 4.79 Å². The highest BCUT2D eigenvalue weighted by molar-refractivity contribution is 5.79. The molecule has 3 heteroatoms. The summed E-state index contributed by atoms with van der Waals surface area (Å²) in [5, 5.41) is 8.66. The Labute approximate surface area is 76.2 Å². The lowest BCUT2D eigenvalue weighted by molar-refractivity contribution is -0.107. The Morgan fingerprint density at radius 3 is 3.08 bits per heavy atom. The van der Waals surface area contributed by atoms with E-state index in [1.807, 2.05) is 12.1 Å². The van der Waals surface area contributed by atoms with E-state index < -0.39 is 0 Å². The van der Waals surface area contributed by atoms with Gasteiger partial charge in [0.05, 0.1) is 11.6 Å². The van der Waals surface area contributed by atoms with E-state index >= 15 is 0 Å². The summed E-state index contributed by atoms with van der Waals surface area (Å²) in [4.78, 5) is 12.2. The van der Waals surface area contributed by atoms with E-state index in [0.717, 1.165) is 30.6 Å². The zero-order valence-corrected chi connectivity index (χ0v) is 7.03. The quantitative estimate of drug-likeness (QED) is 0.595. The third-order valence-corrected chi connectivity index (χ3v) is 2.27. The highest BCUT2D eigenvalue weighted by atomic mass is 16.1. The fraction of sp³-hybridized carbons (Fsp3) is 0.200. The van der Waals surface area contributed by atoms with Crippen molar-refractivity contribution in [3.63, 3.8) is 0 Å². The average molecular weight is 172 g/mol. The number of nitrogens with zero attached hydrogens (tertiary/aromatic N) is 2. The van der Waals surface area contributed by atoms with Crippen molar-refractivity contribution in [2.75, 3.05) is 11.4 Å². The van der Waals surface area contributed by atoms with Gasteiger partial charge in [-0.1, -0.05) is 0 Å². The van der Waals surface area contributed by atoms with Crippen molar-refractivity contribution in [3.05, 3.63) is 29.3 Å². The van der Waals surface area contributed by atoms with Crippen LogP contribution in [0.2, 0.25) is 0 Å². The Balaban J connectivity index is 2.47. The largest absolute Gasteiger partial charge is 0.314 e. The van der Waals surface area contributed by atoms with Gasteiger partial charge in [0.15, 0.2) is 0 Å². The maximum absolute atomic E-state index is 10.6. The SMILES string of the molecule is N#Cc1ccc2c(c1)CCN2C=O. The van der Waals surface area contributed by atoms with Crippen LogP contribution in [0, 0.1) is 11.3 Å². The van der Waals surface area contributed by atoms with E-state index in [9.17, 15) is 4.79 Å². The molecule has 0 unspecified atom stereocenters. The molecule has 0 radical (unpaired) electrons. The molecule has 1 heterocycles. The molecule has 1 aromatic carbocycles. The molecule has 13 heavy (non-hydrogen) atoms. The van der Waals surface area contributed by atoms with Crippen LogP contribution in [0.1, 0.15) is 11.1 Å². The average Bonchev–Trinajstić information content (AvgIpc) is 2.59. The van der Waals surface area contributed by atoms with Crippen LogP contribution in [-0.4, -0.2) is 13.0 Å². The van der Waals surface area contributed by atoms with Gasteiger partial charge in [-0.05, 0) is 30.2 Å². The second kappa shape index (κ2) is 2.91. The number of hydrogen-bond donors (Lipinski definition) is 0. The molecule has 1 amide bonds. The molecule has 3 nitrogen and oxygen atoms in total. The number of nitriles is 1. The Kier molecular flexibility index (Phi) is 1.75. The standard InChI is InChI=1S/C10H8N2O/c11-6-8-1-2-10-9(5-8)3-4-12(10)7-13/h1-2,5,7H,3-4H2. The molecule has 0 atom stereocenters. The monoisotopic (exact) mass is 172 g/mol. The molecule has 2 rings (SSSR count). The van der Waals surface area contributed by atoms with Crippen molar-refractivity contribution in [2.45, 2.75) is 6.42 Å². The predicted molar refractivity (Wildman–Crippen MR) is 48.3 cm³/mol. The minimum absolute atomic E-state index is 0.659. The van der Waals surface area contributed by atoms with Gasteiger partial charge >= 0.3 is 0 Å². The van der Waals surface area contributed by atoms with Crippen molar-refractivity contribution in [1.29, 1.82) is 5.26 Å². The molecular formula is C10H8N2O. The van der Waals surface area contributed by atoms with Crippen molar-refractivity contribution >= 4 is 12.1 Å². The van der Waals surface area contributed by atoms with Crippen LogP contribution in [0.15, 0.2) is 18.2 Å². The van der Waals surface area contributed by atoms with Crippen LogP contribution in [0.3, 0.4) is 0 Å². The van der Waals surface area contributed by atoms with Crippen molar-refractivity contribution in [3.8, 4) is 6.07 Å². The first-order valence-corrected chi connectivity index (χ1v) is 4.10. The zero-order chi connectivity index (χ0) is 9.26. The van der Waals surface area contributed by atoms with Crippen LogP contribution >= 0.6 is 0 Å². The molecule has 0 spiro atoms. The van der Waals surface area contributed by atoms with Gasteiger partial charge in [-0.2, -0.15) is 5.26 Å². The van der Waals surface area contributed by atoms with E-state index in [-0.39, 0.29) is 0 Å². The van der Waals surface area contributed by atoms with E-state index in [0.29, 0.717) is 5.56 Å². The number of benzene rings is 1. The Morgan fingerprint density at radius 2 is 2.38 bits per heavy atom. The summed E-state index contributed by atoms with van der Waals surface area (Å²) in [7, 11) is 0. The van der Waals surface area contributed by atoms with Crippen LogP contribution in [0.5, 0.6) is 0 Å². The van der Waals surface area contributed by atoms with Gasteiger partial charge in [0, 0.05) is 12.2 Å². The Morgan fingerprint density at radius 1 is 1.54 bits per heavy atom. The molecule has 0 aromatic heterocycles. The van der Waals surface area contributed by atoms with Crippen molar-refractivity contribution in [2.24, 2.45) is 0 Å². The minimum Gasteiger partial charge on any atom is -0.314 e. The van der Waals surface area contributed by atoms with Gasteiger partial charge in [0.2, 0.25) is 6.41 Å². The summed E-state index contributed by atoms with van der Waals surface area (Å²) in [6.45, 7) is 0.730. The van der Waals surface area contributed by atoms with E-state index in [1.54, 1.807) is 11.0 Å². The van der Waals surface area contributed by atoms with Crippen LogP contribution in [0.25, 0.3) is 0 Å². The molecule has 1 aromatic rings. The molecule has 0 fully saturated rings. The zero-order valence-electron chi connectivity index (χ0n) is 7.03. The number of fused-ring (bicyclic) bond motifs is 1. The minimum atomic E-state index is 0.659. The van der Waals surface area contributed by atoms with Gasteiger partial charge in [-0.25, -0.2) is 0 Å². The first kappa shape index (κ1) is 7.81. The van der Waals surface area contributed by atoms with Gasteiger partial charge in [-0.15, -0.1) is 0 Å². The summed E-state index contributed by atoms with van der Waals surface area (Å²) < 4.78 is 0. The summed E-state index contributed by atoms with van der Waals surface area (Å²) in [6, 6.07) is 7.49. The summed E-state index contributed by atoms with van der Waals surface area (Å²) in [5.74, 6) is 0. The lowest BCUT2D eigenvalue weighted by Crippen LogP contribution is -2.17. The molecule has 0 N–H and O–H groups in total. The number of carbonyl (C=O) groups is 1. The lowest BCUT2D eigenvalue weighted by Gasteiger charge is -2.08. The van der Waals surface area contributed by atoms with Crippen molar-refractivity contribution in [1.82, 2.24) is 0 Å². The lowest BCUT2D eigenvalue weighted by atomic mass is 10.1. The number of anilines is 1. The first-order chi connectivity index (χ1) is 6.35. The Hall–Kier alpha value is -1.82. The Bertz CT molecular complexity index is 392. The van der Waals surface area contributed by atoms with Crippen LogP contribution in [0.4, 0.5) is 5.69 Å². The predicted octanol–water partition coefficient (Wildman–Crippen LogP) is 1.08. The van der Waals surface area contributed by atoms with E-state index in [1.165, 1.54) is 0 Å². The van der Waals surface area contributed by atoms with Gasteiger partial charge < -0.3 is 4.90 Å². The fourth-order valence-electron chi connectivity index (χ4n) is 1.61. The normalized spacial score (nSPS) is 13.6. The van der Waals surface area contributed by atoms with E-state index in [2.05, 4.69) is 6.07 Å². The fourth-order valence-corrected chi connectivity index (χ4v) is 1.61. The molecule has 0 saturated carbocycles. The second-order valence-electron chi connectivity index (χ2n) is 3.00. The number of rotatable bonds is 1. The van der Waals surface area contributed by atoms with Gasteiger partial charge in [0.1, 0.15) is 0 Å². The summed E-state index contributed by atoms with van der Waals surface area (Å²) in [5.41, 5.74) is 2.69. The first-order valence-electron chi connectivity index (χ1n) is 4.10. The highest BCUT2D eigenvalue weighted by Gasteiger charge is 2.17. The molecule has 0 saturated heterocycles. The molecular weight excluding hydrogens is 164 g/mol. The van der Waals surface area contributed by atoms with Crippen molar-refractivity contribution < 1.29 is 4.79 Å². The van der Waals surface area contributed by atoms with Crippen LogP contribution in [-0.2, 0) is 11.2 Å². The molecule has 1 aliphatic heterocycles. The third kappa shape index (κ3) is 1.17. The van der Waals surface area contributed by atoms with E-state index in [4.69, 9.17) is 5.26 Å². The molecule has 1 aliphatic rings. The highest BCUT2D eigenvalue weighted by Crippen LogP contribution is 2.27. The summed E-state index contributed by atoms with van der Waals surface area (Å²) in [6.07, 6.45) is 1.68. The van der Waals surface area contributed by atoms with Gasteiger partial charge in [0.25, 0.3) is 0 Å². The van der Waals surface area contributed by atoms with Crippen LogP contribution < -0.4 is 4.90 Å². The maximum atomic E-state index is 10.6. The smallest absolute Gasteiger partial charge is 0.214 e. The number of carbonyl (C=O) groups excluding carboxylic acids is 1. The summed E-state index contributed by atoms with van der Waals surface area (Å²) >= 11 is 0. The molecule has 64 valence electrons. The number of hydrogen-bond acceptors (Lipinski definition) is 2. The second-order valence-corrected chi connectivity index (χ2v) is 3.00. The molecule has 0 bridgehead atoms. The maximum Gasteiger partial charge on any atom is 0.214 e. The topological polar surface area (TPSA) is 44.1 Å².